The number of halogens is 2. The Kier molecular flexibility index (Phi) is 6.71. The van der Waals surface area contributed by atoms with Crippen molar-refractivity contribution >= 4 is 50.5 Å². The van der Waals surface area contributed by atoms with E-state index in [1.807, 2.05) is 32.0 Å². The molecule has 0 spiro atoms. The fourth-order valence-electron chi connectivity index (χ4n) is 2.90. The standard InChI is InChI=1S/C22H20Cl2N2O3S/c1-15-11-12-16(2)19(13-15)25-21(27)14-26(20-10-6-9-18(23)22(20)24)30(28,29)17-7-4-3-5-8-17/h3-13H,14H2,1-2H3,(H,25,27). The van der Waals surface area contributed by atoms with Crippen LogP contribution in [0.5, 0.6) is 0 Å². The SMILES string of the molecule is Cc1ccc(C)c(NC(=O)CN(c2cccc(Cl)c2Cl)S(=O)(=O)c2ccccc2)c1. The van der Waals surface area contributed by atoms with Gasteiger partial charge in [0.25, 0.3) is 10.0 Å². The lowest BCUT2D eigenvalue weighted by Gasteiger charge is -2.25. The number of carbonyl (C=O) groups excluding carboxylic acids is 1. The number of hydrogen-bond acceptors (Lipinski definition) is 3. The molecule has 0 aliphatic rings. The smallest absolute Gasteiger partial charge is 0.264 e. The van der Waals surface area contributed by atoms with Gasteiger partial charge in [-0.1, -0.05) is 59.6 Å². The number of rotatable bonds is 6. The van der Waals surface area contributed by atoms with E-state index in [2.05, 4.69) is 5.32 Å². The monoisotopic (exact) mass is 462 g/mol. The molecule has 0 bridgehead atoms. The summed E-state index contributed by atoms with van der Waals surface area (Å²) in [5.74, 6) is -0.501. The Hall–Kier alpha value is -2.54. The average molecular weight is 463 g/mol. The number of aryl methyl sites for hydroxylation is 2. The summed E-state index contributed by atoms with van der Waals surface area (Å²) in [5.41, 5.74) is 2.59. The second-order valence-electron chi connectivity index (χ2n) is 6.76. The summed E-state index contributed by atoms with van der Waals surface area (Å²) in [7, 11) is -4.07. The molecule has 0 atom stereocenters. The molecule has 0 aliphatic heterocycles. The number of sulfonamides is 1. The third-order valence-corrected chi connectivity index (χ3v) is 7.07. The van der Waals surface area contributed by atoms with E-state index in [4.69, 9.17) is 23.2 Å². The fourth-order valence-corrected chi connectivity index (χ4v) is 4.80. The molecular weight excluding hydrogens is 443 g/mol. The first-order valence-corrected chi connectivity index (χ1v) is 11.3. The summed E-state index contributed by atoms with van der Waals surface area (Å²) < 4.78 is 27.7. The molecule has 3 aromatic carbocycles. The molecule has 0 radical (unpaired) electrons. The van der Waals surface area contributed by atoms with Crippen LogP contribution >= 0.6 is 23.2 Å². The number of carbonyl (C=O) groups is 1. The van der Waals surface area contributed by atoms with Crippen molar-refractivity contribution in [3.8, 4) is 0 Å². The molecule has 0 heterocycles. The van der Waals surface area contributed by atoms with E-state index in [1.54, 1.807) is 30.3 Å². The topological polar surface area (TPSA) is 66.5 Å². The molecule has 0 saturated carbocycles. The Morgan fingerprint density at radius 1 is 0.967 bits per heavy atom. The minimum absolute atomic E-state index is 0.0422. The molecule has 8 heteroatoms. The highest BCUT2D eigenvalue weighted by atomic mass is 35.5. The van der Waals surface area contributed by atoms with Gasteiger partial charge in [-0.05, 0) is 55.3 Å². The normalized spacial score (nSPS) is 11.2. The van der Waals surface area contributed by atoms with Gasteiger partial charge in [-0.3, -0.25) is 9.10 Å². The molecule has 5 nitrogen and oxygen atoms in total. The largest absolute Gasteiger partial charge is 0.324 e. The second kappa shape index (κ2) is 9.08. The first-order valence-electron chi connectivity index (χ1n) is 9.09. The van der Waals surface area contributed by atoms with E-state index in [9.17, 15) is 13.2 Å². The summed E-state index contributed by atoms with van der Waals surface area (Å²) in [6.45, 7) is 3.30. The summed E-state index contributed by atoms with van der Waals surface area (Å²) in [6, 6.07) is 18.2. The number of benzene rings is 3. The van der Waals surface area contributed by atoms with Gasteiger partial charge in [0.2, 0.25) is 5.91 Å². The second-order valence-corrected chi connectivity index (χ2v) is 9.41. The van der Waals surface area contributed by atoms with Crippen molar-refractivity contribution in [2.75, 3.05) is 16.2 Å². The van der Waals surface area contributed by atoms with Crippen molar-refractivity contribution in [3.63, 3.8) is 0 Å². The van der Waals surface area contributed by atoms with E-state index in [0.29, 0.717) is 5.69 Å². The summed E-state index contributed by atoms with van der Waals surface area (Å²) in [5, 5.41) is 3.03. The molecule has 0 aromatic heterocycles. The van der Waals surface area contributed by atoms with Gasteiger partial charge < -0.3 is 5.32 Å². The van der Waals surface area contributed by atoms with Crippen LogP contribution in [0, 0.1) is 13.8 Å². The zero-order valence-electron chi connectivity index (χ0n) is 16.4. The van der Waals surface area contributed by atoms with Crippen LogP contribution in [0.25, 0.3) is 0 Å². The van der Waals surface area contributed by atoms with Crippen LogP contribution in [0.3, 0.4) is 0 Å². The van der Waals surface area contributed by atoms with Crippen LogP contribution < -0.4 is 9.62 Å². The lowest BCUT2D eigenvalue weighted by Crippen LogP contribution is -2.38. The van der Waals surface area contributed by atoms with Gasteiger partial charge in [0.05, 0.1) is 20.6 Å². The van der Waals surface area contributed by atoms with Crippen molar-refractivity contribution in [2.45, 2.75) is 18.7 Å². The maximum absolute atomic E-state index is 13.3. The quantitative estimate of drug-likeness (QED) is 0.529. The van der Waals surface area contributed by atoms with Gasteiger partial charge in [-0.15, -0.1) is 0 Å². The zero-order valence-corrected chi connectivity index (χ0v) is 18.7. The van der Waals surface area contributed by atoms with Gasteiger partial charge in [-0.2, -0.15) is 0 Å². The number of anilines is 2. The van der Waals surface area contributed by atoms with Gasteiger partial charge in [0.15, 0.2) is 0 Å². The van der Waals surface area contributed by atoms with Crippen LogP contribution in [0.1, 0.15) is 11.1 Å². The maximum Gasteiger partial charge on any atom is 0.264 e. The van der Waals surface area contributed by atoms with Crippen molar-refractivity contribution in [2.24, 2.45) is 0 Å². The summed E-state index contributed by atoms with van der Waals surface area (Å²) in [4.78, 5) is 12.9. The molecule has 0 aliphatic carbocycles. The number of hydrogen-bond donors (Lipinski definition) is 1. The molecular formula is C22H20Cl2N2O3S. The number of nitrogens with one attached hydrogen (secondary N) is 1. The van der Waals surface area contributed by atoms with Crippen molar-refractivity contribution in [3.05, 3.63) is 87.9 Å². The van der Waals surface area contributed by atoms with Crippen molar-refractivity contribution < 1.29 is 13.2 Å². The first-order chi connectivity index (χ1) is 14.2. The van der Waals surface area contributed by atoms with Crippen molar-refractivity contribution in [1.29, 1.82) is 0 Å². The molecule has 1 amide bonds. The highest BCUT2D eigenvalue weighted by Gasteiger charge is 2.29. The van der Waals surface area contributed by atoms with E-state index in [-0.39, 0.29) is 20.6 Å². The van der Waals surface area contributed by atoms with E-state index >= 15 is 0 Å². The lowest BCUT2D eigenvalue weighted by atomic mass is 10.1. The number of amides is 1. The van der Waals surface area contributed by atoms with E-state index in [0.717, 1.165) is 15.4 Å². The fraction of sp³-hybridized carbons (Fsp3) is 0.136. The van der Waals surface area contributed by atoms with Crippen LogP contribution in [0.15, 0.2) is 71.6 Å². The Bertz CT molecular complexity index is 1180. The van der Waals surface area contributed by atoms with Crippen LogP contribution in [0.4, 0.5) is 11.4 Å². The maximum atomic E-state index is 13.3. The molecule has 0 saturated heterocycles. The first kappa shape index (κ1) is 22.2. The highest BCUT2D eigenvalue weighted by molar-refractivity contribution is 7.92. The summed E-state index contributed by atoms with van der Waals surface area (Å²) in [6.07, 6.45) is 0. The average Bonchev–Trinajstić information content (AvgIpc) is 2.72. The van der Waals surface area contributed by atoms with Gasteiger partial charge in [0, 0.05) is 5.69 Å². The van der Waals surface area contributed by atoms with Gasteiger partial charge in [-0.25, -0.2) is 8.42 Å². The Balaban J connectivity index is 2.01. The Labute approximate surface area is 186 Å². The molecule has 30 heavy (non-hydrogen) atoms. The van der Waals surface area contributed by atoms with Crippen LogP contribution in [0.2, 0.25) is 10.0 Å². The van der Waals surface area contributed by atoms with E-state index in [1.165, 1.54) is 18.2 Å². The molecule has 1 N–H and O–H groups in total. The molecule has 3 rings (SSSR count). The Morgan fingerprint density at radius 3 is 2.37 bits per heavy atom. The van der Waals surface area contributed by atoms with Crippen LogP contribution in [-0.2, 0) is 14.8 Å². The lowest BCUT2D eigenvalue weighted by molar-refractivity contribution is -0.114. The Morgan fingerprint density at radius 2 is 1.67 bits per heavy atom. The third-order valence-electron chi connectivity index (χ3n) is 4.49. The minimum Gasteiger partial charge on any atom is -0.324 e. The third kappa shape index (κ3) is 4.78. The minimum atomic E-state index is -4.07. The van der Waals surface area contributed by atoms with Gasteiger partial charge >= 0.3 is 0 Å². The molecule has 156 valence electrons. The summed E-state index contributed by atoms with van der Waals surface area (Å²) >= 11 is 12.4. The van der Waals surface area contributed by atoms with Crippen LogP contribution in [-0.4, -0.2) is 20.9 Å². The molecule has 0 fully saturated rings. The number of nitrogens with zero attached hydrogens (tertiary/aromatic N) is 1. The zero-order chi connectivity index (χ0) is 21.9. The van der Waals surface area contributed by atoms with Gasteiger partial charge in [0.1, 0.15) is 6.54 Å². The van der Waals surface area contributed by atoms with Crippen molar-refractivity contribution in [1.82, 2.24) is 0 Å². The predicted molar refractivity (Wildman–Crippen MR) is 122 cm³/mol. The predicted octanol–water partition coefficient (Wildman–Crippen LogP) is 5.44. The molecule has 3 aromatic rings. The highest BCUT2D eigenvalue weighted by Crippen LogP contribution is 2.35. The van der Waals surface area contributed by atoms with E-state index < -0.39 is 22.5 Å². The molecule has 0 unspecified atom stereocenters.